The molecule has 11 heteroatoms. The lowest BCUT2D eigenvalue weighted by atomic mass is 10.0. The smallest absolute Gasteiger partial charge is 0.462 e. The minimum atomic E-state index is -4.58. The molecule has 0 aromatic heterocycles. The summed E-state index contributed by atoms with van der Waals surface area (Å²) in [6.07, 6.45) is 18.5. The second kappa shape index (κ2) is 27.8. The van der Waals surface area contributed by atoms with Gasteiger partial charge in [-0.25, -0.2) is 4.57 Å². The van der Waals surface area contributed by atoms with Crippen LogP contribution in [0.1, 0.15) is 142 Å². The van der Waals surface area contributed by atoms with E-state index in [-0.39, 0.29) is 19.4 Å². The lowest BCUT2D eigenvalue weighted by Gasteiger charge is -2.20. The predicted molar refractivity (Wildman–Crippen MR) is 159 cm³/mol. The first kappa shape index (κ1) is 40.0. The Hall–Kier alpha value is -1.03. The number of carbonyl (C=O) groups is 2. The van der Waals surface area contributed by atoms with Crippen molar-refractivity contribution < 1.29 is 47.8 Å². The van der Waals surface area contributed by atoms with Crippen molar-refractivity contribution in [2.24, 2.45) is 0 Å². The Balaban J connectivity index is 4.30. The highest BCUT2D eigenvalue weighted by Gasteiger charge is 2.27. The fourth-order valence-electron chi connectivity index (χ4n) is 4.23. The number of carbonyl (C=O) groups excluding carboxylic acids is 2. The Morgan fingerprint density at radius 1 is 0.634 bits per heavy atom. The molecule has 0 spiro atoms. The van der Waals surface area contributed by atoms with Crippen molar-refractivity contribution in [2.75, 3.05) is 26.4 Å². The Labute approximate surface area is 248 Å². The molecule has 0 rings (SSSR count). The first-order chi connectivity index (χ1) is 19.7. The second-order valence-corrected chi connectivity index (χ2v) is 12.3. The molecular formula is C30H59O10P. The van der Waals surface area contributed by atoms with Gasteiger partial charge in [0.1, 0.15) is 12.7 Å². The molecule has 0 radical (unpaired) electrons. The van der Waals surface area contributed by atoms with Gasteiger partial charge in [0.2, 0.25) is 0 Å². The zero-order valence-electron chi connectivity index (χ0n) is 25.8. The van der Waals surface area contributed by atoms with Crippen LogP contribution in [0.25, 0.3) is 0 Å². The van der Waals surface area contributed by atoms with Crippen molar-refractivity contribution in [3.05, 3.63) is 0 Å². The molecule has 0 aliphatic heterocycles. The minimum absolute atomic E-state index is 0.184. The van der Waals surface area contributed by atoms with Gasteiger partial charge in [0.25, 0.3) is 0 Å². The molecule has 0 heterocycles. The number of hydrogen-bond donors (Lipinski definition) is 3. The molecular weight excluding hydrogens is 551 g/mol. The van der Waals surface area contributed by atoms with E-state index in [0.29, 0.717) is 12.8 Å². The van der Waals surface area contributed by atoms with Crippen LogP contribution in [0.2, 0.25) is 0 Å². The van der Waals surface area contributed by atoms with Gasteiger partial charge in [-0.1, -0.05) is 117 Å². The van der Waals surface area contributed by atoms with Crippen molar-refractivity contribution in [2.45, 2.75) is 154 Å². The number of phosphoric acid groups is 1. The topological polar surface area (TPSA) is 149 Å². The normalized spacial score (nSPS) is 14.4. The number of unbranched alkanes of at least 4 members (excludes halogenated alkanes) is 16. The Bertz CT molecular complexity index is 676. The summed E-state index contributed by atoms with van der Waals surface area (Å²) in [6, 6.07) is 0. The van der Waals surface area contributed by atoms with Gasteiger partial charge in [0.15, 0.2) is 6.10 Å². The molecule has 3 atom stereocenters. The van der Waals surface area contributed by atoms with Crippen LogP contribution in [-0.2, 0) is 32.7 Å². The molecule has 0 amide bonds. The lowest BCUT2D eigenvalue weighted by Crippen LogP contribution is -2.29. The molecule has 1 unspecified atom stereocenters. The molecule has 0 aliphatic carbocycles. The average molecular weight is 611 g/mol. The molecule has 0 bridgehead atoms. The zero-order chi connectivity index (χ0) is 30.6. The summed E-state index contributed by atoms with van der Waals surface area (Å²) in [5.41, 5.74) is 0. The van der Waals surface area contributed by atoms with E-state index < -0.39 is 51.8 Å². The largest absolute Gasteiger partial charge is 0.472 e. The van der Waals surface area contributed by atoms with Gasteiger partial charge in [-0.2, -0.15) is 0 Å². The van der Waals surface area contributed by atoms with Gasteiger partial charge in [0.05, 0.1) is 19.8 Å². The molecule has 41 heavy (non-hydrogen) atoms. The molecule has 3 N–H and O–H groups in total. The standard InChI is InChI=1S/C30H59O10P/c1-3-5-7-9-10-11-12-13-14-15-16-18-19-21-29(33)37-25-28(40-30(34)22-20-17-8-6-4-2)26-39-41(35,36)38-24-27(32)23-31/h27-28,31-32H,3-26H2,1-2H3,(H,35,36)/t27-,28+/m0/s1. The SMILES string of the molecule is CCCCCCCCCCCCCCCC(=O)OC[C@H](COP(=O)(O)OC[C@@H](O)CO)OC(=O)CCCCCCC. The third-order valence-corrected chi connectivity index (χ3v) is 7.71. The fourth-order valence-corrected chi connectivity index (χ4v) is 5.02. The number of phosphoric ester groups is 1. The molecule has 0 aliphatic rings. The van der Waals surface area contributed by atoms with Crippen LogP contribution in [0.4, 0.5) is 0 Å². The van der Waals surface area contributed by atoms with Crippen LogP contribution in [0.3, 0.4) is 0 Å². The van der Waals surface area contributed by atoms with E-state index in [9.17, 15) is 24.2 Å². The number of rotatable bonds is 30. The van der Waals surface area contributed by atoms with Crippen LogP contribution in [0.5, 0.6) is 0 Å². The summed E-state index contributed by atoms with van der Waals surface area (Å²) in [4.78, 5) is 34.3. The highest BCUT2D eigenvalue weighted by molar-refractivity contribution is 7.47. The minimum Gasteiger partial charge on any atom is -0.462 e. The zero-order valence-corrected chi connectivity index (χ0v) is 26.7. The quantitative estimate of drug-likeness (QED) is 0.0452. The summed E-state index contributed by atoms with van der Waals surface area (Å²) in [5, 5.41) is 18.1. The number of aliphatic hydroxyl groups is 2. The molecule has 244 valence electrons. The van der Waals surface area contributed by atoms with Gasteiger partial charge in [0, 0.05) is 12.8 Å². The first-order valence-corrected chi connectivity index (χ1v) is 17.5. The summed E-state index contributed by atoms with van der Waals surface area (Å²) < 4.78 is 32.2. The molecule has 0 saturated carbocycles. The van der Waals surface area contributed by atoms with E-state index in [1.165, 1.54) is 57.8 Å². The maximum Gasteiger partial charge on any atom is 0.472 e. The van der Waals surface area contributed by atoms with E-state index >= 15 is 0 Å². The number of hydrogen-bond acceptors (Lipinski definition) is 9. The lowest BCUT2D eigenvalue weighted by molar-refractivity contribution is -0.161. The van der Waals surface area contributed by atoms with Gasteiger partial charge >= 0.3 is 19.8 Å². The molecule has 0 fully saturated rings. The summed E-state index contributed by atoms with van der Waals surface area (Å²) in [5.74, 6) is -0.935. The Kier molecular flexibility index (Phi) is 27.1. The third-order valence-electron chi connectivity index (χ3n) is 6.76. The predicted octanol–water partition coefficient (Wildman–Crippen LogP) is 6.77. The highest BCUT2D eigenvalue weighted by Crippen LogP contribution is 2.43. The molecule has 0 saturated heterocycles. The van der Waals surface area contributed by atoms with E-state index in [0.717, 1.165) is 44.9 Å². The third kappa shape index (κ3) is 27.5. The van der Waals surface area contributed by atoms with Gasteiger partial charge < -0.3 is 24.6 Å². The van der Waals surface area contributed by atoms with Crippen molar-refractivity contribution in [1.29, 1.82) is 0 Å². The van der Waals surface area contributed by atoms with Crippen molar-refractivity contribution in [3.8, 4) is 0 Å². The van der Waals surface area contributed by atoms with Gasteiger partial charge in [-0.15, -0.1) is 0 Å². The summed E-state index contributed by atoms with van der Waals surface area (Å²) >= 11 is 0. The van der Waals surface area contributed by atoms with E-state index in [1.807, 2.05) is 0 Å². The number of aliphatic hydroxyl groups excluding tert-OH is 2. The number of esters is 2. The summed E-state index contributed by atoms with van der Waals surface area (Å²) in [7, 11) is -4.58. The van der Waals surface area contributed by atoms with Crippen LogP contribution in [-0.4, -0.2) is 65.7 Å². The van der Waals surface area contributed by atoms with E-state index in [1.54, 1.807) is 0 Å². The van der Waals surface area contributed by atoms with Crippen LogP contribution in [0.15, 0.2) is 0 Å². The van der Waals surface area contributed by atoms with Crippen LogP contribution < -0.4 is 0 Å². The Morgan fingerprint density at radius 2 is 1.05 bits per heavy atom. The number of ether oxygens (including phenoxy) is 2. The van der Waals surface area contributed by atoms with Gasteiger partial charge in [-0.3, -0.25) is 18.6 Å². The highest BCUT2D eigenvalue weighted by atomic mass is 31.2. The van der Waals surface area contributed by atoms with E-state index in [4.69, 9.17) is 19.1 Å². The van der Waals surface area contributed by atoms with Crippen LogP contribution >= 0.6 is 7.82 Å². The Morgan fingerprint density at radius 3 is 1.51 bits per heavy atom. The maximum absolute atomic E-state index is 12.3. The molecule has 10 nitrogen and oxygen atoms in total. The van der Waals surface area contributed by atoms with Crippen LogP contribution in [0, 0.1) is 0 Å². The molecule has 0 aromatic rings. The monoisotopic (exact) mass is 610 g/mol. The van der Waals surface area contributed by atoms with Crippen molar-refractivity contribution in [1.82, 2.24) is 0 Å². The van der Waals surface area contributed by atoms with Gasteiger partial charge in [-0.05, 0) is 12.8 Å². The van der Waals surface area contributed by atoms with Crippen molar-refractivity contribution >= 4 is 19.8 Å². The average Bonchev–Trinajstić information content (AvgIpc) is 2.95. The summed E-state index contributed by atoms with van der Waals surface area (Å²) in [6.45, 7) is 2.25. The maximum atomic E-state index is 12.3. The van der Waals surface area contributed by atoms with Crippen molar-refractivity contribution in [3.63, 3.8) is 0 Å². The molecule has 0 aromatic carbocycles. The second-order valence-electron chi connectivity index (χ2n) is 10.8. The van der Waals surface area contributed by atoms with E-state index in [2.05, 4.69) is 18.4 Å². The fraction of sp³-hybridized carbons (Fsp3) is 0.933. The first-order valence-electron chi connectivity index (χ1n) is 16.0.